The number of fused-ring (bicyclic) bond motifs is 3. The first kappa shape index (κ1) is 15.2. The molecular weight excluding hydrogens is 302 g/mol. The molecule has 1 aliphatic carbocycles. The predicted octanol–water partition coefficient (Wildman–Crippen LogP) is 3.39. The molecule has 1 heterocycles. The molecule has 124 valence electrons. The number of hydrogen-bond donors (Lipinski definition) is 1. The van der Waals surface area contributed by atoms with Gasteiger partial charge in [-0.3, -0.25) is 0 Å². The van der Waals surface area contributed by atoms with Gasteiger partial charge in [0, 0.05) is 12.5 Å². The normalized spacial score (nSPS) is 19.2. The summed E-state index contributed by atoms with van der Waals surface area (Å²) in [5, 5.41) is 9.38. The lowest BCUT2D eigenvalue weighted by molar-refractivity contribution is 0.0826. The van der Waals surface area contributed by atoms with Gasteiger partial charge in [-0.05, 0) is 35.1 Å². The summed E-state index contributed by atoms with van der Waals surface area (Å²) < 4.78 is 5.63. The first-order chi connectivity index (χ1) is 11.8. The molecule has 1 N–H and O–H groups in total. The summed E-state index contributed by atoms with van der Waals surface area (Å²) >= 11 is 0. The fourth-order valence-corrected chi connectivity index (χ4v) is 3.94. The highest BCUT2D eigenvalue weighted by atomic mass is 16.6. The predicted molar refractivity (Wildman–Crippen MR) is 91.9 cm³/mol. The van der Waals surface area contributed by atoms with Gasteiger partial charge in [0.15, 0.2) is 0 Å². The van der Waals surface area contributed by atoms with Crippen molar-refractivity contribution in [2.45, 2.75) is 24.8 Å². The van der Waals surface area contributed by atoms with Crippen LogP contribution in [0, 0.1) is 0 Å². The van der Waals surface area contributed by atoms with Crippen molar-refractivity contribution in [1.82, 2.24) is 4.90 Å². The summed E-state index contributed by atoms with van der Waals surface area (Å²) in [4.78, 5) is 14.0. The largest absolute Gasteiger partial charge is 0.448 e. The smallest absolute Gasteiger partial charge is 0.410 e. The van der Waals surface area contributed by atoms with Crippen molar-refractivity contribution in [2.24, 2.45) is 0 Å². The van der Waals surface area contributed by atoms with Crippen LogP contribution in [-0.4, -0.2) is 41.9 Å². The van der Waals surface area contributed by atoms with E-state index in [2.05, 4.69) is 24.3 Å². The van der Waals surface area contributed by atoms with Crippen LogP contribution in [0.25, 0.3) is 11.1 Å². The minimum absolute atomic E-state index is 0.00416. The van der Waals surface area contributed by atoms with E-state index >= 15 is 0 Å². The number of rotatable bonds is 3. The summed E-state index contributed by atoms with van der Waals surface area (Å²) in [5.74, 6) is 0.0801. The molecule has 4 nitrogen and oxygen atoms in total. The SMILES string of the molecule is O=C(OCC1c2ccccc2-c2ccccc21)N1CCCC1CO. The third-order valence-corrected chi connectivity index (χ3v) is 5.16. The molecule has 0 saturated carbocycles. The van der Waals surface area contributed by atoms with Crippen molar-refractivity contribution in [3.8, 4) is 11.1 Å². The van der Waals surface area contributed by atoms with Crippen molar-refractivity contribution in [3.05, 3.63) is 59.7 Å². The summed E-state index contributed by atoms with van der Waals surface area (Å²) in [6.45, 7) is 1.01. The van der Waals surface area contributed by atoms with Gasteiger partial charge in [-0.25, -0.2) is 4.79 Å². The molecule has 0 spiro atoms. The lowest BCUT2D eigenvalue weighted by atomic mass is 9.98. The van der Waals surface area contributed by atoms with E-state index in [9.17, 15) is 9.90 Å². The van der Waals surface area contributed by atoms with Gasteiger partial charge in [0.2, 0.25) is 0 Å². The standard InChI is InChI=1S/C20H21NO3/c22-12-14-6-5-11-21(14)20(23)24-13-19-17-9-3-1-7-15(17)16-8-2-4-10-18(16)19/h1-4,7-10,14,19,22H,5-6,11-13H2. The Morgan fingerprint density at radius 2 is 1.71 bits per heavy atom. The summed E-state index contributed by atoms with van der Waals surface area (Å²) in [5.41, 5.74) is 4.88. The van der Waals surface area contributed by atoms with Crippen LogP contribution in [0.2, 0.25) is 0 Å². The maximum Gasteiger partial charge on any atom is 0.410 e. The number of carbonyl (C=O) groups is 1. The molecule has 1 aliphatic heterocycles. The zero-order valence-corrected chi connectivity index (χ0v) is 13.5. The summed E-state index contributed by atoms with van der Waals surface area (Å²) in [6, 6.07) is 16.5. The van der Waals surface area contributed by atoms with E-state index < -0.39 is 0 Å². The van der Waals surface area contributed by atoms with Crippen molar-refractivity contribution in [1.29, 1.82) is 0 Å². The lowest BCUT2D eigenvalue weighted by Gasteiger charge is -2.23. The molecule has 2 aromatic rings. The van der Waals surface area contributed by atoms with Crippen LogP contribution < -0.4 is 0 Å². The Hall–Kier alpha value is -2.33. The van der Waals surface area contributed by atoms with Crippen LogP contribution in [0.1, 0.15) is 29.9 Å². The Labute approximate surface area is 141 Å². The minimum atomic E-state index is -0.312. The fraction of sp³-hybridized carbons (Fsp3) is 0.350. The Balaban J connectivity index is 1.54. The van der Waals surface area contributed by atoms with Crippen LogP contribution in [-0.2, 0) is 4.74 Å². The molecule has 0 radical (unpaired) electrons. The van der Waals surface area contributed by atoms with E-state index in [1.165, 1.54) is 22.3 Å². The third-order valence-electron chi connectivity index (χ3n) is 5.16. The topological polar surface area (TPSA) is 49.8 Å². The summed E-state index contributed by atoms with van der Waals surface area (Å²) in [7, 11) is 0. The van der Waals surface area contributed by atoms with Gasteiger partial charge in [-0.15, -0.1) is 0 Å². The number of likely N-dealkylation sites (tertiary alicyclic amines) is 1. The molecule has 4 heteroatoms. The average Bonchev–Trinajstić information content (AvgIpc) is 3.22. The lowest BCUT2D eigenvalue weighted by Crippen LogP contribution is -2.38. The van der Waals surface area contributed by atoms with E-state index in [0.717, 1.165) is 12.8 Å². The van der Waals surface area contributed by atoms with Crippen molar-refractivity contribution >= 4 is 6.09 Å². The van der Waals surface area contributed by atoms with Crippen molar-refractivity contribution in [3.63, 3.8) is 0 Å². The highest BCUT2D eigenvalue weighted by molar-refractivity contribution is 5.79. The van der Waals surface area contributed by atoms with Gasteiger partial charge in [0.1, 0.15) is 6.61 Å². The van der Waals surface area contributed by atoms with E-state index in [-0.39, 0.29) is 24.7 Å². The monoisotopic (exact) mass is 323 g/mol. The van der Waals surface area contributed by atoms with Crippen LogP contribution in [0.4, 0.5) is 4.79 Å². The van der Waals surface area contributed by atoms with Gasteiger partial charge in [0.25, 0.3) is 0 Å². The molecule has 1 saturated heterocycles. The average molecular weight is 323 g/mol. The molecule has 4 rings (SSSR count). The first-order valence-electron chi connectivity index (χ1n) is 8.52. The number of carbonyl (C=O) groups excluding carboxylic acids is 1. The number of hydrogen-bond acceptors (Lipinski definition) is 3. The van der Waals surface area contributed by atoms with Crippen LogP contribution in [0.3, 0.4) is 0 Å². The highest BCUT2D eigenvalue weighted by Crippen LogP contribution is 2.44. The third kappa shape index (κ3) is 2.47. The molecule has 2 aromatic carbocycles. The molecule has 1 unspecified atom stereocenters. The van der Waals surface area contributed by atoms with Crippen molar-refractivity contribution in [2.75, 3.05) is 19.8 Å². The van der Waals surface area contributed by atoms with E-state index in [0.29, 0.717) is 13.2 Å². The Kier molecular flexibility index (Phi) is 3.98. The van der Waals surface area contributed by atoms with Crippen LogP contribution in [0.5, 0.6) is 0 Å². The van der Waals surface area contributed by atoms with Gasteiger partial charge in [-0.2, -0.15) is 0 Å². The Morgan fingerprint density at radius 3 is 2.33 bits per heavy atom. The Morgan fingerprint density at radius 1 is 1.08 bits per heavy atom. The van der Waals surface area contributed by atoms with Gasteiger partial charge >= 0.3 is 6.09 Å². The van der Waals surface area contributed by atoms with E-state index in [4.69, 9.17) is 4.74 Å². The number of benzene rings is 2. The number of ether oxygens (including phenoxy) is 1. The minimum Gasteiger partial charge on any atom is -0.448 e. The molecule has 2 aliphatic rings. The maximum atomic E-state index is 12.4. The maximum absolute atomic E-state index is 12.4. The zero-order chi connectivity index (χ0) is 16.5. The highest BCUT2D eigenvalue weighted by Gasteiger charge is 2.32. The number of nitrogens with zero attached hydrogens (tertiary/aromatic N) is 1. The quantitative estimate of drug-likeness (QED) is 0.942. The second-order valence-electron chi connectivity index (χ2n) is 6.48. The van der Waals surface area contributed by atoms with Gasteiger partial charge < -0.3 is 14.7 Å². The number of aliphatic hydroxyl groups is 1. The van der Waals surface area contributed by atoms with Gasteiger partial charge in [-0.1, -0.05) is 48.5 Å². The molecule has 1 fully saturated rings. The second-order valence-corrected chi connectivity index (χ2v) is 6.48. The first-order valence-corrected chi connectivity index (χ1v) is 8.52. The van der Waals surface area contributed by atoms with Crippen molar-refractivity contribution < 1.29 is 14.6 Å². The molecule has 0 aromatic heterocycles. The number of amides is 1. The van der Waals surface area contributed by atoms with Gasteiger partial charge in [0.05, 0.1) is 12.6 Å². The zero-order valence-electron chi connectivity index (χ0n) is 13.5. The second kappa shape index (κ2) is 6.29. The van der Waals surface area contributed by atoms with Crippen LogP contribution >= 0.6 is 0 Å². The summed E-state index contributed by atoms with van der Waals surface area (Å²) in [6.07, 6.45) is 1.46. The Bertz CT molecular complexity index is 713. The molecular formula is C20H21NO3. The number of aliphatic hydroxyl groups excluding tert-OH is 1. The molecule has 1 atom stereocenters. The fourth-order valence-electron chi connectivity index (χ4n) is 3.94. The van der Waals surface area contributed by atoms with E-state index in [1.807, 2.05) is 24.3 Å². The molecule has 24 heavy (non-hydrogen) atoms. The van der Waals surface area contributed by atoms with Crippen LogP contribution in [0.15, 0.2) is 48.5 Å². The molecule has 1 amide bonds. The molecule has 0 bridgehead atoms. The van der Waals surface area contributed by atoms with E-state index in [1.54, 1.807) is 4.90 Å².